The van der Waals surface area contributed by atoms with Crippen molar-refractivity contribution in [1.29, 1.82) is 5.26 Å². The maximum absolute atomic E-state index is 11.6. The minimum Gasteiger partial charge on any atom is -0.299 e. The molecule has 0 spiro atoms. The highest BCUT2D eigenvalue weighted by molar-refractivity contribution is 6.30. The minimum atomic E-state index is -0.657. The quantitative estimate of drug-likeness (QED) is 0.917. The van der Waals surface area contributed by atoms with Crippen molar-refractivity contribution in [2.75, 3.05) is 0 Å². The summed E-state index contributed by atoms with van der Waals surface area (Å²) in [5.74, 6) is 0. The molecule has 0 unspecified atom stereocenters. The third-order valence-corrected chi connectivity index (χ3v) is 2.94. The van der Waals surface area contributed by atoms with Crippen LogP contribution in [-0.2, 0) is 13.0 Å². The average molecular weight is 276 g/mol. The minimum absolute atomic E-state index is 0.0734. The van der Waals surface area contributed by atoms with Gasteiger partial charge in [0.05, 0.1) is 0 Å². The van der Waals surface area contributed by atoms with Gasteiger partial charge >= 0.3 is 5.69 Å². The molecular weight excluding hydrogens is 266 g/mol. The molecule has 2 rings (SSSR count). The molecule has 1 heterocycles. The average Bonchev–Trinajstić information content (AvgIpc) is 2.40. The number of aryl methyl sites for hydroxylation is 2. The van der Waals surface area contributed by atoms with Crippen LogP contribution >= 0.6 is 11.6 Å². The van der Waals surface area contributed by atoms with Gasteiger partial charge < -0.3 is 0 Å². The molecule has 96 valence electrons. The number of halogens is 1. The Morgan fingerprint density at radius 2 is 1.95 bits per heavy atom. The highest BCUT2D eigenvalue weighted by atomic mass is 35.5. The van der Waals surface area contributed by atoms with Crippen LogP contribution in [0.5, 0.6) is 0 Å². The molecule has 0 fully saturated rings. The summed E-state index contributed by atoms with van der Waals surface area (Å²) < 4.78 is 1.31. The SMILES string of the molecule is N#Cc1cn(CCc2ccc(Cl)cc2)c(=O)[nH]c1=O. The summed E-state index contributed by atoms with van der Waals surface area (Å²) in [6.07, 6.45) is 1.88. The molecule has 1 aromatic carbocycles. The van der Waals surface area contributed by atoms with E-state index >= 15 is 0 Å². The molecule has 0 aliphatic carbocycles. The van der Waals surface area contributed by atoms with E-state index in [0.29, 0.717) is 18.0 Å². The summed E-state index contributed by atoms with van der Waals surface area (Å²) >= 11 is 5.78. The molecule has 0 aliphatic heterocycles. The molecule has 0 bridgehead atoms. The molecule has 0 radical (unpaired) electrons. The van der Waals surface area contributed by atoms with Crippen molar-refractivity contribution >= 4 is 11.6 Å². The fourth-order valence-electron chi connectivity index (χ4n) is 1.66. The molecule has 19 heavy (non-hydrogen) atoms. The molecule has 0 amide bonds. The zero-order valence-electron chi connectivity index (χ0n) is 9.89. The van der Waals surface area contributed by atoms with Crippen LogP contribution in [0, 0.1) is 11.3 Å². The maximum atomic E-state index is 11.6. The third kappa shape index (κ3) is 3.12. The van der Waals surface area contributed by atoms with Crippen molar-refractivity contribution in [2.45, 2.75) is 13.0 Å². The molecule has 5 nitrogen and oxygen atoms in total. The Morgan fingerprint density at radius 1 is 1.26 bits per heavy atom. The van der Waals surface area contributed by atoms with Crippen LogP contribution in [-0.4, -0.2) is 9.55 Å². The number of hydrogen-bond acceptors (Lipinski definition) is 3. The lowest BCUT2D eigenvalue weighted by molar-refractivity contribution is 0.643. The monoisotopic (exact) mass is 275 g/mol. The Bertz CT molecular complexity index is 738. The molecule has 1 N–H and O–H groups in total. The largest absolute Gasteiger partial charge is 0.328 e. The number of benzene rings is 1. The smallest absolute Gasteiger partial charge is 0.299 e. The van der Waals surface area contributed by atoms with E-state index in [0.717, 1.165) is 5.56 Å². The second-order valence-corrected chi connectivity index (χ2v) is 4.42. The first kappa shape index (κ1) is 13.1. The summed E-state index contributed by atoms with van der Waals surface area (Å²) in [4.78, 5) is 24.9. The number of hydrogen-bond donors (Lipinski definition) is 1. The normalized spacial score (nSPS) is 10.1. The van der Waals surface area contributed by atoms with E-state index in [1.807, 2.05) is 12.1 Å². The van der Waals surface area contributed by atoms with Gasteiger partial charge in [0.15, 0.2) is 0 Å². The number of nitrogens with one attached hydrogen (secondary N) is 1. The number of aromatic nitrogens is 2. The lowest BCUT2D eigenvalue weighted by Crippen LogP contribution is -2.31. The zero-order valence-corrected chi connectivity index (χ0v) is 10.6. The first-order valence-electron chi connectivity index (χ1n) is 5.58. The number of rotatable bonds is 3. The second-order valence-electron chi connectivity index (χ2n) is 3.98. The van der Waals surface area contributed by atoms with Gasteiger partial charge in [0.1, 0.15) is 11.6 Å². The van der Waals surface area contributed by atoms with Gasteiger partial charge in [-0.15, -0.1) is 0 Å². The van der Waals surface area contributed by atoms with Crippen LogP contribution in [0.15, 0.2) is 40.1 Å². The van der Waals surface area contributed by atoms with Gasteiger partial charge in [0, 0.05) is 17.8 Å². The highest BCUT2D eigenvalue weighted by Gasteiger charge is 2.04. The van der Waals surface area contributed by atoms with Crippen molar-refractivity contribution < 1.29 is 0 Å². The van der Waals surface area contributed by atoms with Crippen molar-refractivity contribution in [3.63, 3.8) is 0 Å². The second kappa shape index (κ2) is 5.55. The number of nitriles is 1. The van der Waals surface area contributed by atoms with Gasteiger partial charge in [-0.3, -0.25) is 14.3 Å². The Morgan fingerprint density at radius 3 is 2.58 bits per heavy atom. The Kier molecular flexibility index (Phi) is 3.83. The van der Waals surface area contributed by atoms with Gasteiger partial charge in [-0.1, -0.05) is 23.7 Å². The fourth-order valence-corrected chi connectivity index (χ4v) is 1.78. The summed E-state index contributed by atoms with van der Waals surface area (Å²) in [7, 11) is 0. The van der Waals surface area contributed by atoms with Crippen LogP contribution in [0.1, 0.15) is 11.1 Å². The predicted molar refractivity (Wildman–Crippen MR) is 71.2 cm³/mol. The molecule has 0 aliphatic rings. The van der Waals surface area contributed by atoms with Gasteiger partial charge in [0.2, 0.25) is 0 Å². The molecule has 0 atom stereocenters. The van der Waals surface area contributed by atoms with E-state index in [1.165, 1.54) is 10.8 Å². The predicted octanol–water partition coefficient (Wildman–Crippen LogP) is 1.30. The van der Waals surface area contributed by atoms with Crippen molar-refractivity contribution in [1.82, 2.24) is 9.55 Å². The molecule has 6 heteroatoms. The Balaban J connectivity index is 2.20. The first-order valence-corrected chi connectivity index (χ1v) is 5.96. The molecular formula is C13H10ClN3O2. The van der Waals surface area contributed by atoms with Crippen LogP contribution in [0.3, 0.4) is 0 Å². The summed E-state index contributed by atoms with van der Waals surface area (Å²) in [6.45, 7) is 0.381. The molecule has 0 saturated heterocycles. The van der Waals surface area contributed by atoms with Gasteiger partial charge in [-0.25, -0.2) is 4.79 Å². The summed E-state index contributed by atoms with van der Waals surface area (Å²) in [5, 5.41) is 9.40. The van der Waals surface area contributed by atoms with Gasteiger partial charge in [-0.2, -0.15) is 5.26 Å². The van der Waals surface area contributed by atoms with Crippen LogP contribution in [0.4, 0.5) is 0 Å². The number of nitrogens with zero attached hydrogens (tertiary/aromatic N) is 2. The van der Waals surface area contributed by atoms with E-state index in [9.17, 15) is 9.59 Å². The van der Waals surface area contributed by atoms with Crippen LogP contribution < -0.4 is 11.2 Å². The van der Waals surface area contributed by atoms with Crippen LogP contribution in [0.25, 0.3) is 0 Å². The molecule has 0 saturated carbocycles. The van der Waals surface area contributed by atoms with E-state index in [4.69, 9.17) is 16.9 Å². The lowest BCUT2D eigenvalue weighted by Gasteiger charge is -2.05. The van der Waals surface area contributed by atoms with Crippen molar-refractivity contribution in [3.05, 3.63) is 67.4 Å². The fraction of sp³-hybridized carbons (Fsp3) is 0.154. The lowest BCUT2D eigenvalue weighted by atomic mass is 10.1. The third-order valence-electron chi connectivity index (χ3n) is 2.69. The van der Waals surface area contributed by atoms with Crippen LogP contribution in [0.2, 0.25) is 5.02 Å². The van der Waals surface area contributed by atoms with E-state index < -0.39 is 11.2 Å². The number of H-pyrrole nitrogens is 1. The number of aromatic amines is 1. The van der Waals surface area contributed by atoms with Crippen molar-refractivity contribution in [2.24, 2.45) is 0 Å². The van der Waals surface area contributed by atoms with E-state index in [2.05, 4.69) is 4.98 Å². The molecule has 1 aromatic heterocycles. The maximum Gasteiger partial charge on any atom is 0.328 e. The topological polar surface area (TPSA) is 78.7 Å². The summed E-state index contributed by atoms with van der Waals surface area (Å²) in [6, 6.07) is 9.02. The van der Waals surface area contributed by atoms with Gasteiger partial charge in [0.25, 0.3) is 5.56 Å². The Hall–Kier alpha value is -2.32. The Labute approximate surface area is 113 Å². The van der Waals surface area contributed by atoms with Crippen molar-refractivity contribution in [3.8, 4) is 6.07 Å². The van der Waals surface area contributed by atoms with E-state index in [-0.39, 0.29) is 5.56 Å². The zero-order chi connectivity index (χ0) is 13.8. The summed E-state index contributed by atoms with van der Waals surface area (Å²) in [5.41, 5.74) is -0.232. The van der Waals surface area contributed by atoms with E-state index in [1.54, 1.807) is 18.2 Å². The van der Waals surface area contributed by atoms with Gasteiger partial charge in [-0.05, 0) is 24.1 Å². The standard InChI is InChI=1S/C13H10ClN3O2/c14-11-3-1-9(2-4-11)5-6-17-8-10(7-15)12(18)16-13(17)19/h1-4,8H,5-6H2,(H,16,18,19). The first-order chi connectivity index (χ1) is 9.10. The highest BCUT2D eigenvalue weighted by Crippen LogP contribution is 2.10. The molecule has 2 aromatic rings.